The number of nitrogens with zero attached hydrogens (tertiary/aromatic N) is 3. The summed E-state index contributed by atoms with van der Waals surface area (Å²) in [6.45, 7) is 6.08. The van der Waals surface area contributed by atoms with E-state index in [4.69, 9.17) is 31.8 Å². The standard InChI is InChI=1S/C36H36ClN5O4S/c1-36(2,3)31(41-35-40-28(20-47-35)23-12-10-22(11-13-23)21-8-6-5-7-9-21)34(44)42-19-25(17-29(42)32(38)43)46-33-27-16-24(37)14-15-26(27)30(45-4)18-39-33/h5-16,18,20,25,29,31H,17,19H2,1-4H3,(H2,38,43)(H,40,41)/t25-,29+,31-/m1/s1. The molecule has 2 amide bonds. The van der Waals surface area contributed by atoms with E-state index in [1.54, 1.807) is 25.4 Å². The van der Waals surface area contributed by atoms with Crippen molar-refractivity contribution in [3.8, 4) is 34.0 Å². The van der Waals surface area contributed by atoms with Crippen molar-refractivity contribution < 1.29 is 19.1 Å². The van der Waals surface area contributed by atoms with E-state index in [9.17, 15) is 9.59 Å². The van der Waals surface area contributed by atoms with E-state index >= 15 is 0 Å². The van der Waals surface area contributed by atoms with Crippen LogP contribution in [0.1, 0.15) is 27.2 Å². The highest BCUT2D eigenvalue weighted by atomic mass is 35.5. The van der Waals surface area contributed by atoms with E-state index in [2.05, 4.69) is 34.6 Å². The number of anilines is 1. The number of thiazole rings is 1. The van der Waals surface area contributed by atoms with Gasteiger partial charge in [-0.25, -0.2) is 9.97 Å². The fourth-order valence-corrected chi connectivity index (χ4v) is 6.77. The first-order valence-corrected chi connectivity index (χ1v) is 16.5. The minimum absolute atomic E-state index is 0.160. The summed E-state index contributed by atoms with van der Waals surface area (Å²) in [6, 6.07) is 22.3. The Bertz CT molecular complexity index is 1910. The number of hydrogen-bond acceptors (Lipinski definition) is 8. The molecular formula is C36H36ClN5O4S. The van der Waals surface area contributed by atoms with Gasteiger partial charge in [-0.2, -0.15) is 0 Å². The number of carbonyl (C=O) groups excluding carboxylic acids is 2. The van der Waals surface area contributed by atoms with Crippen LogP contribution in [0.15, 0.2) is 84.4 Å². The minimum atomic E-state index is -0.845. The first-order chi connectivity index (χ1) is 22.5. The lowest BCUT2D eigenvalue weighted by atomic mass is 9.85. The number of carbonyl (C=O) groups is 2. The summed E-state index contributed by atoms with van der Waals surface area (Å²) < 4.78 is 11.8. The molecule has 1 fully saturated rings. The lowest BCUT2D eigenvalue weighted by molar-refractivity contribution is -0.139. The number of likely N-dealkylation sites (tertiary alicyclic amines) is 1. The van der Waals surface area contributed by atoms with E-state index in [1.165, 1.54) is 16.2 Å². The van der Waals surface area contributed by atoms with Crippen LogP contribution in [0.25, 0.3) is 33.2 Å². The van der Waals surface area contributed by atoms with Crippen molar-refractivity contribution in [2.24, 2.45) is 11.1 Å². The molecule has 0 radical (unpaired) electrons. The largest absolute Gasteiger partial charge is 0.494 e. The third-order valence-electron chi connectivity index (χ3n) is 8.32. The molecule has 0 aliphatic carbocycles. The first-order valence-electron chi connectivity index (χ1n) is 15.3. The van der Waals surface area contributed by atoms with Gasteiger partial charge >= 0.3 is 0 Å². The van der Waals surface area contributed by atoms with Crippen molar-refractivity contribution in [3.63, 3.8) is 0 Å². The normalized spacial score (nSPS) is 17.0. The fourth-order valence-electron chi connectivity index (χ4n) is 5.85. The smallest absolute Gasteiger partial charge is 0.246 e. The topological polar surface area (TPSA) is 120 Å². The van der Waals surface area contributed by atoms with Crippen molar-refractivity contribution in [1.82, 2.24) is 14.9 Å². The highest BCUT2D eigenvalue weighted by Crippen LogP contribution is 2.36. The van der Waals surface area contributed by atoms with Crippen LogP contribution < -0.4 is 20.5 Å². The van der Waals surface area contributed by atoms with E-state index in [1.807, 2.05) is 62.5 Å². The lowest BCUT2D eigenvalue weighted by Crippen LogP contribution is -2.53. The summed E-state index contributed by atoms with van der Waals surface area (Å²) in [5, 5.41) is 7.91. The van der Waals surface area contributed by atoms with Gasteiger partial charge in [0.25, 0.3) is 0 Å². The Balaban J connectivity index is 1.20. The lowest BCUT2D eigenvalue weighted by Gasteiger charge is -2.34. The van der Waals surface area contributed by atoms with Gasteiger partial charge in [0.2, 0.25) is 17.7 Å². The zero-order valence-electron chi connectivity index (χ0n) is 26.6. The number of primary amides is 1. The van der Waals surface area contributed by atoms with Crippen LogP contribution in [0.5, 0.6) is 11.6 Å². The van der Waals surface area contributed by atoms with Crippen LogP contribution in [0.4, 0.5) is 5.13 Å². The van der Waals surface area contributed by atoms with Gasteiger partial charge < -0.3 is 25.4 Å². The Kier molecular flexibility index (Phi) is 9.07. The van der Waals surface area contributed by atoms with Gasteiger partial charge in [0.15, 0.2) is 5.13 Å². The predicted molar refractivity (Wildman–Crippen MR) is 187 cm³/mol. The summed E-state index contributed by atoms with van der Waals surface area (Å²) in [7, 11) is 1.57. The van der Waals surface area contributed by atoms with Gasteiger partial charge in [-0.05, 0) is 34.7 Å². The van der Waals surface area contributed by atoms with E-state index < -0.39 is 29.5 Å². The van der Waals surface area contributed by atoms with Gasteiger partial charge in [-0.3, -0.25) is 9.59 Å². The Hall–Kier alpha value is -4.67. The fraction of sp³-hybridized carbons (Fsp3) is 0.278. The summed E-state index contributed by atoms with van der Waals surface area (Å²) in [6.07, 6.45) is 1.29. The molecule has 1 aliphatic heterocycles. The SMILES string of the molecule is COc1cnc(O[C@@H]2C[C@@H](C(N)=O)N(C(=O)[C@@H](Nc3nc(-c4ccc(-c5ccccc5)cc4)cs3)C(C)(C)C)C2)c2cc(Cl)ccc12. The maximum atomic E-state index is 14.2. The molecule has 0 bridgehead atoms. The van der Waals surface area contributed by atoms with Gasteiger partial charge in [0.1, 0.15) is 23.9 Å². The number of nitrogens with one attached hydrogen (secondary N) is 1. The maximum Gasteiger partial charge on any atom is 0.246 e. The van der Waals surface area contributed by atoms with Crippen molar-refractivity contribution in [1.29, 1.82) is 0 Å². The van der Waals surface area contributed by atoms with Crippen molar-refractivity contribution in [2.75, 3.05) is 19.0 Å². The number of ether oxygens (including phenoxy) is 2. The molecule has 0 unspecified atom stereocenters. The molecule has 2 aromatic heterocycles. The van der Waals surface area contributed by atoms with Crippen molar-refractivity contribution in [2.45, 2.75) is 45.4 Å². The summed E-state index contributed by atoms with van der Waals surface area (Å²) >= 11 is 7.72. The van der Waals surface area contributed by atoms with Crippen molar-refractivity contribution >= 4 is 50.7 Å². The number of nitrogens with two attached hydrogens (primary N) is 1. The van der Waals surface area contributed by atoms with Gasteiger partial charge in [0, 0.05) is 33.2 Å². The molecular weight excluding hydrogens is 634 g/mol. The van der Waals surface area contributed by atoms with Crippen LogP contribution in [0.2, 0.25) is 5.02 Å². The molecule has 242 valence electrons. The third-order valence-corrected chi connectivity index (χ3v) is 9.33. The molecule has 9 nitrogen and oxygen atoms in total. The first kappa shape index (κ1) is 32.3. The highest BCUT2D eigenvalue weighted by Gasteiger charge is 2.45. The van der Waals surface area contributed by atoms with E-state index in [-0.39, 0.29) is 18.9 Å². The van der Waals surface area contributed by atoms with Crippen LogP contribution in [0, 0.1) is 5.41 Å². The molecule has 5 aromatic rings. The average Bonchev–Trinajstić information content (AvgIpc) is 3.71. The number of hydrogen-bond donors (Lipinski definition) is 2. The van der Waals surface area contributed by atoms with Gasteiger partial charge in [0.05, 0.1) is 25.5 Å². The zero-order valence-corrected chi connectivity index (χ0v) is 28.1. The highest BCUT2D eigenvalue weighted by molar-refractivity contribution is 7.14. The Morgan fingerprint density at radius 1 is 1.02 bits per heavy atom. The molecule has 0 spiro atoms. The molecule has 47 heavy (non-hydrogen) atoms. The second-order valence-corrected chi connectivity index (χ2v) is 13.9. The maximum absolute atomic E-state index is 14.2. The molecule has 1 aliphatic rings. The number of rotatable bonds is 9. The van der Waals surface area contributed by atoms with E-state index in [0.29, 0.717) is 27.2 Å². The number of pyridine rings is 1. The van der Waals surface area contributed by atoms with E-state index in [0.717, 1.165) is 27.8 Å². The molecule has 3 N–H and O–H groups in total. The molecule has 3 aromatic carbocycles. The van der Waals surface area contributed by atoms with Crippen LogP contribution in [-0.4, -0.2) is 58.5 Å². The zero-order chi connectivity index (χ0) is 33.3. The molecule has 3 atom stereocenters. The van der Waals surface area contributed by atoms with Gasteiger partial charge in [-0.15, -0.1) is 11.3 Å². The Labute approximate surface area is 282 Å². The van der Waals surface area contributed by atoms with Crippen LogP contribution >= 0.6 is 22.9 Å². The molecule has 3 heterocycles. The second-order valence-electron chi connectivity index (χ2n) is 12.6. The van der Waals surface area contributed by atoms with Crippen LogP contribution in [0.3, 0.4) is 0 Å². The Morgan fingerprint density at radius 2 is 1.72 bits per heavy atom. The quantitative estimate of drug-likeness (QED) is 0.173. The van der Waals surface area contributed by atoms with Crippen LogP contribution in [-0.2, 0) is 9.59 Å². The number of amides is 2. The third kappa shape index (κ3) is 6.89. The predicted octanol–water partition coefficient (Wildman–Crippen LogP) is 7.05. The molecule has 0 saturated carbocycles. The average molecular weight is 670 g/mol. The van der Waals surface area contributed by atoms with Gasteiger partial charge in [-0.1, -0.05) is 87.0 Å². The Morgan fingerprint density at radius 3 is 2.40 bits per heavy atom. The summed E-state index contributed by atoms with van der Waals surface area (Å²) in [5.74, 6) is 0.0643. The molecule has 11 heteroatoms. The number of halogens is 1. The molecule has 6 rings (SSSR count). The number of methoxy groups -OCH3 is 1. The number of fused-ring (bicyclic) bond motifs is 1. The molecule has 1 saturated heterocycles. The number of benzene rings is 3. The summed E-state index contributed by atoms with van der Waals surface area (Å²) in [4.78, 5) is 37.7. The second kappa shape index (κ2) is 13.2. The monoisotopic (exact) mass is 669 g/mol. The minimum Gasteiger partial charge on any atom is -0.494 e. The van der Waals surface area contributed by atoms with Crippen molar-refractivity contribution in [3.05, 3.63) is 89.4 Å². The number of aromatic nitrogens is 2. The summed E-state index contributed by atoms with van der Waals surface area (Å²) in [5.41, 5.74) is 9.37.